The molecule has 1 unspecified atom stereocenters. The summed E-state index contributed by atoms with van der Waals surface area (Å²) < 4.78 is 11.2. The summed E-state index contributed by atoms with van der Waals surface area (Å²) in [7, 11) is 0. The molecule has 0 spiro atoms. The summed E-state index contributed by atoms with van der Waals surface area (Å²) >= 11 is 6.34. The third-order valence-electron chi connectivity index (χ3n) is 4.71. The van der Waals surface area contributed by atoms with Gasteiger partial charge in [0.05, 0.1) is 11.1 Å². The van der Waals surface area contributed by atoms with E-state index in [1.807, 2.05) is 32.0 Å². The highest BCUT2D eigenvalue weighted by molar-refractivity contribution is 6.32. The van der Waals surface area contributed by atoms with Crippen LogP contribution in [0.4, 0.5) is 0 Å². The van der Waals surface area contributed by atoms with Crippen LogP contribution in [0.1, 0.15) is 44.9 Å². The fourth-order valence-corrected chi connectivity index (χ4v) is 3.68. The van der Waals surface area contributed by atoms with Gasteiger partial charge in [0, 0.05) is 24.1 Å². The van der Waals surface area contributed by atoms with Crippen molar-refractivity contribution in [1.29, 1.82) is 0 Å². The maximum atomic E-state index is 9.00. The van der Waals surface area contributed by atoms with Crippen LogP contribution in [0.5, 0.6) is 5.75 Å². The molecule has 1 aliphatic rings. The first-order valence-corrected chi connectivity index (χ1v) is 10.5. The first kappa shape index (κ1) is 22.8. The van der Waals surface area contributed by atoms with Crippen molar-refractivity contribution in [3.8, 4) is 28.6 Å². The number of hydrogen-bond acceptors (Lipinski definition) is 6. The van der Waals surface area contributed by atoms with E-state index < -0.39 is 5.97 Å². The minimum Gasteiger partial charge on any atom is -0.489 e. The van der Waals surface area contributed by atoms with Crippen LogP contribution >= 0.6 is 11.6 Å². The summed E-state index contributed by atoms with van der Waals surface area (Å²) in [6, 6.07) is 12.1. The number of aliphatic carboxylic acids is 1. The van der Waals surface area contributed by atoms with Gasteiger partial charge in [-0.05, 0) is 63.1 Å². The lowest BCUT2D eigenvalue weighted by atomic mass is 9.91. The van der Waals surface area contributed by atoms with E-state index in [-0.39, 0.29) is 6.10 Å². The molecule has 0 radical (unpaired) electrons. The summed E-state index contributed by atoms with van der Waals surface area (Å²) in [5.74, 6) is 0.867. The Morgan fingerprint density at radius 3 is 2.74 bits per heavy atom. The Kier molecular flexibility index (Phi) is 7.30. The molecule has 164 valence electrons. The van der Waals surface area contributed by atoms with Gasteiger partial charge in [-0.15, -0.1) is 0 Å². The van der Waals surface area contributed by atoms with Crippen LogP contribution in [0.3, 0.4) is 0 Å². The lowest BCUT2D eigenvalue weighted by molar-refractivity contribution is -0.134. The summed E-state index contributed by atoms with van der Waals surface area (Å²) in [4.78, 5) is 13.6. The highest BCUT2D eigenvalue weighted by atomic mass is 35.5. The van der Waals surface area contributed by atoms with Gasteiger partial charge in [0.1, 0.15) is 5.75 Å². The number of nitrogens with one attached hydrogen (secondary N) is 1. The number of aromatic nitrogens is 2. The van der Waals surface area contributed by atoms with Crippen molar-refractivity contribution in [2.75, 3.05) is 6.54 Å². The molecular weight excluding hydrogens is 418 g/mol. The third-order valence-corrected chi connectivity index (χ3v) is 5.01. The summed E-state index contributed by atoms with van der Waals surface area (Å²) in [5, 5.41) is 15.6. The lowest BCUT2D eigenvalue weighted by Gasteiger charge is -2.25. The van der Waals surface area contributed by atoms with E-state index >= 15 is 0 Å². The number of fused-ring (bicyclic) bond motifs is 1. The van der Waals surface area contributed by atoms with Gasteiger partial charge >= 0.3 is 0 Å². The Labute approximate surface area is 186 Å². The second-order valence-electron chi connectivity index (χ2n) is 7.55. The highest BCUT2D eigenvalue weighted by Gasteiger charge is 2.21. The zero-order valence-electron chi connectivity index (χ0n) is 18.0. The van der Waals surface area contributed by atoms with Gasteiger partial charge in [-0.2, -0.15) is 4.98 Å². The molecule has 1 aromatic heterocycles. The molecule has 1 atom stereocenters. The molecule has 0 saturated carbocycles. The minimum atomic E-state index is -0.833. The molecule has 7 nitrogen and oxygen atoms in total. The molecule has 3 aromatic rings. The first-order valence-electron chi connectivity index (χ1n) is 10.1. The van der Waals surface area contributed by atoms with Gasteiger partial charge < -0.3 is 19.7 Å². The Morgan fingerprint density at radius 2 is 2.06 bits per heavy atom. The SMILES string of the molecule is CC(=O)O.CC(C)Oc1ccc(-c2nc(-c3cccc4c3CCNC4C)no2)cc1Cl. The van der Waals surface area contributed by atoms with Gasteiger partial charge in [0.2, 0.25) is 5.82 Å². The largest absolute Gasteiger partial charge is 0.489 e. The molecule has 4 rings (SSSR count). The number of nitrogens with zero attached hydrogens (tertiary/aromatic N) is 2. The van der Waals surface area contributed by atoms with Crippen molar-refractivity contribution in [1.82, 2.24) is 15.5 Å². The van der Waals surface area contributed by atoms with Crippen molar-refractivity contribution in [3.05, 3.63) is 52.5 Å². The normalized spacial score (nSPS) is 15.1. The molecule has 0 amide bonds. The second kappa shape index (κ2) is 9.94. The predicted molar refractivity (Wildman–Crippen MR) is 119 cm³/mol. The van der Waals surface area contributed by atoms with Gasteiger partial charge in [0.25, 0.3) is 11.9 Å². The fraction of sp³-hybridized carbons (Fsp3) is 0.348. The zero-order valence-corrected chi connectivity index (χ0v) is 18.7. The van der Waals surface area contributed by atoms with E-state index in [1.54, 1.807) is 6.07 Å². The highest BCUT2D eigenvalue weighted by Crippen LogP contribution is 2.34. The number of ether oxygens (including phenoxy) is 1. The summed E-state index contributed by atoms with van der Waals surface area (Å²) in [5.41, 5.74) is 4.38. The van der Waals surface area contributed by atoms with E-state index in [9.17, 15) is 0 Å². The minimum absolute atomic E-state index is 0.0597. The molecule has 8 heteroatoms. The third kappa shape index (κ3) is 5.62. The van der Waals surface area contributed by atoms with Crippen molar-refractivity contribution >= 4 is 17.6 Å². The average Bonchev–Trinajstić information content (AvgIpc) is 3.19. The van der Waals surface area contributed by atoms with Gasteiger partial charge in [0.15, 0.2) is 0 Å². The number of halogens is 1. The molecule has 0 aliphatic carbocycles. The average molecular weight is 444 g/mol. The van der Waals surface area contributed by atoms with E-state index in [4.69, 9.17) is 30.8 Å². The molecule has 0 bridgehead atoms. The van der Waals surface area contributed by atoms with E-state index in [0.717, 1.165) is 31.0 Å². The Hall–Kier alpha value is -2.90. The van der Waals surface area contributed by atoms with Crippen LogP contribution < -0.4 is 10.1 Å². The van der Waals surface area contributed by atoms with Crippen molar-refractivity contribution in [2.24, 2.45) is 0 Å². The number of carboxylic acids is 1. The van der Waals surface area contributed by atoms with E-state index in [0.29, 0.717) is 28.5 Å². The maximum Gasteiger partial charge on any atom is 0.300 e. The zero-order chi connectivity index (χ0) is 22.5. The lowest BCUT2D eigenvalue weighted by Crippen LogP contribution is -2.28. The summed E-state index contributed by atoms with van der Waals surface area (Å²) in [6.45, 7) is 8.13. The van der Waals surface area contributed by atoms with Crippen molar-refractivity contribution in [3.63, 3.8) is 0 Å². The fourth-order valence-electron chi connectivity index (χ4n) is 3.46. The number of carboxylic acid groups (broad SMARTS) is 1. The standard InChI is InChI=1S/C21H22ClN3O2.C2H4O2/c1-12(2)26-19-8-7-14(11-18(19)22)21-24-20(25-27-21)17-6-4-5-15-13(3)23-10-9-16(15)17;1-2(3)4/h4-8,11-13,23H,9-10H2,1-3H3;1H3,(H,3,4). The molecule has 2 heterocycles. The van der Waals surface area contributed by atoms with Crippen molar-refractivity contribution in [2.45, 2.75) is 46.3 Å². The molecule has 31 heavy (non-hydrogen) atoms. The van der Waals surface area contributed by atoms with Crippen LogP contribution in [-0.4, -0.2) is 33.9 Å². The molecule has 1 aliphatic heterocycles. The van der Waals surface area contributed by atoms with Gasteiger partial charge in [-0.25, -0.2) is 0 Å². The second-order valence-corrected chi connectivity index (χ2v) is 7.96. The Morgan fingerprint density at radius 1 is 1.32 bits per heavy atom. The van der Waals surface area contributed by atoms with E-state index in [1.165, 1.54) is 11.1 Å². The number of rotatable bonds is 4. The van der Waals surface area contributed by atoms with Crippen molar-refractivity contribution < 1.29 is 19.2 Å². The number of carbonyl (C=O) groups is 1. The van der Waals surface area contributed by atoms with Gasteiger partial charge in [-0.3, -0.25) is 4.79 Å². The van der Waals surface area contributed by atoms with Crippen LogP contribution in [0.25, 0.3) is 22.8 Å². The monoisotopic (exact) mass is 443 g/mol. The number of benzene rings is 2. The topological polar surface area (TPSA) is 97.5 Å². The smallest absolute Gasteiger partial charge is 0.300 e. The molecule has 2 aromatic carbocycles. The molecule has 2 N–H and O–H groups in total. The molecule has 0 fully saturated rings. The quantitative estimate of drug-likeness (QED) is 0.575. The molecular formula is C23H26ClN3O4. The van der Waals surface area contributed by atoms with Crippen LogP contribution in [0.15, 0.2) is 40.9 Å². The Bertz CT molecular complexity index is 1060. The van der Waals surface area contributed by atoms with Gasteiger partial charge in [-0.1, -0.05) is 35.0 Å². The van der Waals surface area contributed by atoms with E-state index in [2.05, 4.69) is 34.5 Å². The van der Waals surface area contributed by atoms with Crippen LogP contribution in [0.2, 0.25) is 5.02 Å². The van der Waals surface area contributed by atoms with Crippen LogP contribution in [0, 0.1) is 0 Å². The Balaban J connectivity index is 0.000000628. The predicted octanol–water partition coefficient (Wildman–Crippen LogP) is 5.14. The molecule has 0 saturated heterocycles. The van der Waals surface area contributed by atoms with Crippen LogP contribution in [-0.2, 0) is 11.2 Å². The number of hydrogen-bond donors (Lipinski definition) is 2. The maximum absolute atomic E-state index is 9.00. The summed E-state index contributed by atoms with van der Waals surface area (Å²) in [6.07, 6.45) is 1.01. The first-order chi connectivity index (χ1) is 14.8.